The van der Waals surface area contributed by atoms with E-state index in [9.17, 15) is 9.90 Å². The molecule has 2 aliphatic rings. The summed E-state index contributed by atoms with van der Waals surface area (Å²) >= 11 is 0. The number of rotatable bonds is 3. The summed E-state index contributed by atoms with van der Waals surface area (Å²) in [7, 11) is 0. The van der Waals surface area contributed by atoms with Crippen molar-refractivity contribution in [2.75, 3.05) is 6.54 Å². The van der Waals surface area contributed by atoms with Crippen LogP contribution in [0.5, 0.6) is 11.5 Å². The van der Waals surface area contributed by atoms with Crippen LogP contribution in [0.3, 0.4) is 0 Å². The molecule has 2 aromatic carbocycles. The van der Waals surface area contributed by atoms with Crippen LogP contribution in [0.15, 0.2) is 52.6 Å². The molecule has 3 aromatic rings. The molecule has 0 unspecified atom stereocenters. The topological polar surface area (TPSA) is 62.9 Å². The van der Waals surface area contributed by atoms with Gasteiger partial charge in [-0.2, -0.15) is 0 Å². The van der Waals surface area contributed by atoms with Gasteiger partial charge in [0, 0.05) is 24.0 Å². The molecule has 2 aliphatic heterocycles. The molecule has 0 saturated carbocycles. The van der Waals surface area contributed by atoms with Gasteiger partial charge in [-0.05, 0) is 50.6 Å². The van der Waals surface area contributed by atoms with Crippen LogP contribution in [0, 0.1) is 0 Å². The Morgan fingerprint density at radius 2 is 2.07 bits per heavy atom. The van der Waals surface area contributed by atoms with Crippen molar-refractivity contribution in [2.45, 2.75) is 38.8 Å². The number of likely N-dealkylation sites (tertiary alicyclic amines) is 1. The summed E-state index contributed by atoms with van der Waals surface area (Å²) in [5, 5.41) is 11.5. The van der Waals surface area contributed by atoms with Crippen LogP contribution >= 0.6 is 0 Å². The van der Waals surface area contributed by atoms with Crippen LogP contribution < -0.4 is 4.74 Å². The van der Waals surface area contributed by atoms with Gasteiger partial charge in [-0.25, -0.2) is 0 Å². The van der Waals surface area contributed by atoms with Crippen molar-refractivity contribution in [2.24, 2.45) is 0 Å². The number of phenolic OH excluding ortho intramolecular Hbond substituents is 1. The lowest BCUT2D eigenvalue weighted by Gasteiger charge is -2.33. The number of carbonyl (C=O) groups excluding carboxylic acids is 1. The first-order valence-corrected chi connectivity index (χ1v) is 10.1. The average Bonchev–Trinajstić information content (AvgIpc) is 3.26. The van der Waals surface area contributed by atoms with Gasteiger partial charge in [0.1, 0.15) is 22.8 Å². The molecular formula is C24H23NO4. The van der Waals surface area contributed by atoms with Crippen LogP contribution in [0.2, 0.25) is 0 Å². The fourth-order valence-corrected chi connectivity index (χ4v) is 4.25. The van der Waals surface area contributed by atoms with Gasteiger partial charge in [0.2, 0.25) is 5.78 Å². The number of piperidine rings is 1. The largest absolute Gasteiger partial charge is 0.507 e. The molecule has 29 heavy (non-hydrogen) atoms. The Morgan fingerprint density at radius 1 is 1.21 bits per heavy atom. The molecule has 148 valence electrons. The number of ether oxygens (including phenoxy) is 1. The maximum absolute atomic E-state index is 12.9. The zero-order valence-electron chi connectivity index (χ0n) is 16.4. The highest BCUT2D eigenvalue weighted by molar-refractivity contribution is 6.15. The third-order valence-corrected chi connectivity index (χ3v) is 5.94. The highest BCUT2D eigenvalue weighted by Crippen LogP contribution is 2.41. The number of hydrogen-bond acceptors (Lipinski definition) is 5. The molecule has 0 amide bonds. The maximum Gasteiger partial charge on any atom is 0.232 e. The molecule has 0 spiro atoms. The molecule has 5 heteroatoms. The van der Waals surface area contributed by atoms with E-state index in [1.54, 1.807) is 18.2 Å². The quantitative estimate of drug-likeness (QED) is 0.629. The van der Waals surface area contributed by atoms with E-state index in [1.165, 1.54) is 6.42 Å². The number of furan rings is 1. The number of para-hydroxylation sites is 1. The van der Waals surface area contributed by atoms with E-state index in [0.717, 1.165) is 30.4 Å². The van der Waals surface area contributed by atoms with Crippen LogP contribution in [0.1, 0.15) is 47.9 Å². The molecule has 3 heterocycles. The van der Waals surface area contributed by atoms with Gasteiger partial charge >= 0.3 is 0 Å². The first kappa shape index (κ1) is 18.0. The smallest absolute Gasteiger partial charge is 0.232 e. The standard InChI is InChI=1S/C24H23NO4/c1-15-6-4-5-11-25(15)14-19-20(26)10-9-18-23(27)22(29-24(18)19)13-17-12-16-7-2-3-8-21(16)28-17/h2-3,7-10,12-13,15,26H,4-6,11,14H2,1H3/t15-/m0/s1. The van der Waals surface area contributed by atoms with Gasteiger partial charge in [0.05, 0.1) is 11.1 Å². The fraction of sp³-hybridized carbons (Fsp3) is 0.292. The number of fused-ring (bicyclic) bond motifs is 2. The van der Waals surface area contributed by atoms with Crippen molar-refractivity contribution in [1.82, 2.24) is 4.90 Å². The predicted molar refractivity (Wildman–Crippen MR) is 111 cm³/mol. The van der Waals surface area contributed by atoms with Gasteiger partial charge in [0.15, 0.2) is 5.76 Å². The number of aromatic hydroxyl groups is 1. The number of hydrogen-bond donors (Lipinski definition) is 1. The maximum atomic E-state index is 12.9. The van der Waals surface area contributed by atoms with Crippen molar-refractivity contribution >= 4 is 22.8 Å². The van der Waals surface area contributed by atoms with Gasteiger partial charge < -0.3 is 14.3 Å². The van der Waals surface area contributed by atoms with E-state index in [-0.39, 0.29) is 17.3 Å². The molecule has 1 atom stereocenters. The molecule has 1 aromatic heterocycles. The Bertz CT molecular complexity index is 1090. The number of ketones is 1. The molecule has 5 rings (SSSR count). The number of benzene rings is 2. The van der Waals surface area contributed by atoms with E-state index >= 15 is 0 Å². The summed E-state index contributed by atoms with van der Waals surface area (Å²) < 4.78 is 11.8. The minimum atomic E-state index is -0.187. The fourth-order valence-electron chi connectivity index (χ4n) is 4.25. The first-order valence-electron chi connectivity index (χ1n) is 10.1. The van der Waals surface area contributed by atoms with E-state index in [2.05, 4.69) is 11.8 Å². The summed E-state index contributed by atoms with van der Waals surface area (Å²) in [5.41, 5.74) is 1.93. The minimum absolute atomic E-state index is 0.166. The zero-order valence-corrected chi connectivity index (χ0v) is 16.4. The molecule has 1 fully saturated rings. The Morgan fingerprint density at radius 3 is 2.90 bits per heavy atom. The Balaban J connectivity index is 1.48. The second-order valence-electron chi connectivity index (χ2n) is 7.88. The van der Waals surface area contributed by atoms with Crippen molar-refractivity contribution in [3.8, 4) is 11.5 Å². The predicted octanol–water partition coefficient (Wildman–Crippen LogP) is 5.13. The number of phenols is 1. The highest BCUT2D eigenvalue weighted by Gasteiger charge is 2.32. The summed E-state index contributed by atoms with van der Waals surface area (Å²) in [6.45, 7) is 3.76. The zero-order chi connectivity index (χ0) is 20.0. The number of allylic oxidation sites excluding steroid dienone is 1. The lowest BCUT2D eigenvalue weighted by atomic mass is 10.0. The summed E-state index contributed by atoms with van der Waals surface area (Å²) in [4.78, 5) is 15.2. The van der Waals surface area contributed by atoms with Crippen LogP contribution in [-0.2, 0) is 6.54 Å². The minimum Gasteiger partial charge on any atom is -0.507 e. The van der Waals surface area contributed by atoms with Crippen molar-refractivity contribution in [3.05, 3.63) is 65.1 Å². The molecule has 0 aliphatic carbocycles. The SMILES string of the molecule is C[C@H]1CCCCN1Cc1c(O)ccc2c1OC(=Cc1cc3ccccc3o1)C2=O. The second kappa shape index (κ2) is 7.08. The second-order valence-corrected chi connectivity index (χ2v) is 7.88. The molecule has 1 N–H and O–H groups in total. The monoisotopic (exact) mass is 389 g/mol. The summed E-state index contributed by atoms with van der Waals surface area (Å²) in [5.74, 6) is 1.23. The molecule has 5 nitrogen and oxygen atoms in total. The normalized spacial score (nSPS) is 20.9. The lowest BCUT2D eigenvalue weighted by molar-refractivity contribution is 0.101. The third-order valence-electron chi connectivity index (χ3n) is 5.94. The van der Waals surface area contributed by atoms with Crippen molar-refractivity contribution in [3.63, 3.8) is 0 Å². The molecule has 0 bridgehead atoms. The number of nitrogens with zero attached hydrogens (tertiary/aromatic N) is 1. The number of carbonyl (C=O) groups is 1. The molecule has 0 radical (unpaired) electrons. The lowest BCUT2D eigenvalue weighted by Crippen LogP contribution is -2.36. The van der Waals surface area contributed by atoms with Crippen molar-refractivity contribution in [1.29, 1.82) is 0 Å². The van der Waals surface area contributed by atoms with Gasteiger partial charge in [0.25, 0.3) is 0 Å². The number of Topliss-reactive ketones (excluding diaryl/α,β-unsaturated/α-hetero) is 1. The van der Waals surface area contributed by atoms with Crippen LogP contribution in [0.25, 0.3) is 17.0 Å². The third kappa shape index (κ3) is 3.21. The van der Waals surface area contributed by atoms with Crippen molar-refractivity contribution < 1.29 is 19.1 Å². The first-order chi connectivity index (χ1) is 14.1. The Labute approximate surface area is 169 Å². The van der Waals surface area contributed by atoms with Crippen LogP contribution in [0.4, 0.5) is 0 Å². The van der Waals surface area contributed by atoms with E-state index in [0.29, 0.717) is 35.2 Å². The van der Waals surface area contributed by atoms with Gasteiger partial charge in [-0.1, -0.05) is 24.6 Å². The van der Waals surface area contributed by atoms with E-state index < -0.39 is 0 Å². The Kier molecular flexibility index (Phi) is 4.40. The summed E-state index contributed by atoms with van der Waals surface area (Å²) in [6.07, 6.45) is 5.16. The highest BCUT2D eigenvalue weighted by atomic mass is 16.5. The molecule has 1 saturated heterocycles. The molecular weight excluding hydrogens is 366 g/mol. The summed E-state index contributed by atoms with van der Waals surface area (Å²) in [6, 6.07) is 13.3. The van der Waals surface area contributed by atoms with E-state index in [1.807, 2.05) is 30.3 Å². The van der Waals surface area contributed by atoms with Gasteiger partial charge in [-0.3, -0.25) is 9.69 Å². The van der Waals surface area contributed by atoms with Crippen LogP contribution in [-0.4, -0.2) is 28.4 Å². The van der Waals surface area contributed by atoms with Gasteiger partial charge in [-0.15, -0.1) is 0 Å². The Hall–Kier alpha value is -3.05. The average molecular weight is 389 g/mol. The van der Waals surface area contributed by atoms with E-state index in [4.69, 9.17) is 9.15 Å².